The van der Waals surface area contributed by atoms with Gasteiger partial charge in [0.05, 0.1) is 11.1 Å². The van der Waals surface area contributed by atoms with Crippen LogP contribution in [0.2, 0.25) is 5.02 Å². The number of nitrogens with zero attached hydrogens (tertiary/aromatic N) is 1. The first-order chi connectivity index (χ1) is 8.70. The van der Waals surface area contributed by atoms with Crippen molar-refractivity contribution in [3.63, 3.8) is 0 Å². The lowest BCUT2D eigenvalue weighted by atomic mass is 10.00. The Balaban J connectivity index is 2.20. The summed E-state index contributed by atoms with van der Waals surface area (Å²) in [7, 11) is 0. The van der Waals surface area contributed by atoms with Crippen LogP contribution in [-0.2, 0) is 6.42 Å². The molecule has 5 heteroatoms. The highest BCUT2D eigenvalue weighted by Gasteiger charge is 2.12. The first-order valence-corrected chi connectivity index (χ1v) is 5.88. The number of hydrogen-bond donors (Lipinski definition) is 2. The molecule has 1 atom stereocenters. The predicted octanol–water partition coefficient (Wildman–Crippen LogP) is 2.62. The lowest BCUT2D eigenvalue weighted by molar-refractivity contribution is 0.544. The number of nitrogens with two attached hydrogens (primary N) is 1. The van der Waals surface area contributed by atoms with Gasteiger partial charge >= 0.3 is 0 Å². The van der Waals surface area contributed by atoms with Crippen molar-refractivity contribution in [1.29, 1.82) is 0 Å². The molecule has 18 heavy (non-hydrogen) atoms. The summed E-state index contributed by atoms with van der Waals surface area (Å²) in [5.74, 6) is 5.08. The van der Waals surface area contributed by atoms with E-state index in [0.717, 1.165) is 11.1 Å². The van der Waals surface area contributed by atoms with Crippen molar-refractivity contribution in [3.8, 4) is 0 Å². The van der Waals surface area contributed by atoms with Crippen molar-refractivity contribution in [2.24, 2.45) is 5.84 Å². The van der Waals surface area contributed by atoms with Crippen molar-refractivity contribution >= 4 is 11.6 Å². The molecule has 1 unspecified atom stereocenters. The molecule has 0 spiro atoms. The Bertz CT molecular complexity index is 519. The van der Waals surface area contributed by atoms with Crippen molar-refractivity contribution in [1.82, 2.24) is 10.4 Å². The Morgan fingerprint density at radius 3 is 2.61 bits per heavy atom. The molecule has 3 nitrogen and oxygen atoms in total. The molecule has 0 aliphatic heterocycles. The zero-order valence-corrected chi connectivity index (χ0v) is 10.4. The zero-order valence-electron chi connectivity index (χ0n) is 9.61. The van der Waals surface area contributed by atoms with Gasteiger partial charge in [-0.2, -0.15) is 0 Å². The molecular formula is C13H13ClFN3. The Labute approximate surface area is 110 Å². The molecule has 1 aromatic carbocycles. The summed E-state index contributed by atoms with van der Waals surface area (Å²) in [5.41, 5.74) is 4.52. The number of nitrogens with one attached hydrogen (secondary N) is 1. The minimum Gasteiger partial charge on any atom is -0.271 e. The second kappa shape index (κ2) is 5.91. The van der Waals surface area contributed by atoms with E-state index in [9.17, 15) is 4.39 Å². The van der Waals surface area contributed by atoms with Gasteiger partial charge in [0.25, 0.3) is 0 Å². The van der Waals surface area contributed by atoms with Crippen molar-refractivity contribution in [3.05, 3.63) is 64.7 Å². The van der Waals surface area contributed by atoms with E-state index in [4.69, 9.17) is 17.4 Å². The number of halogens is 2. The molecule has 2 aromatic rings. The molecule has 1 heterocycles. The summed E-state index contributed by atoms with van der Waals surface area (Å²) in [6.45, 7) is 0. The molecular weight excluding hydrogens is 253 g/mol. The lowest BCUT2D eigenvalue weighted by Crippen LogP contribution is -2.29. The maximum atomic E-state index is 13.4. The predicted molar refractivity (Wildman–Crippen MR) is 69.4 cm³/mol. The molecule has 0 bridgehead atoms. The van der Waals surface area contributed by atoms with Crippen molar-refractivity contribution < 1.29 is 4.39 Å². The van der Waals surface area contributed by atoms with E-state index in [1.165, 1.54) is 12.1 Å². The smallest absolute Gasteiger partial charge is 0.142 e. The van der Waals surface area contributed by atoms with Gasteiger partial charge in [0, 0.05) is 12.4 Å². The van der Waals surface area contributed by atoms with Crippen molar-refractivity contribution in [2.75, 3.05) is 0 Å². The van der Waals surface area contributed by atoms with Crippen LogP contribution in [0.25, 0.3) is 0 Å². The average molecular weight is 266 g/mol. The fraction of sp³-hybridized carbons (Fsp3) is 0.154. The summed E-state index contributed by atoms with van der Waals surface area (Å²) < 4.78 is 13.4. The van der Waals surface area contributed by atoms with Crippen LogP contribution in [-0.4, -0.2) is 4.98 Å². The van der Waals surface area contributed by atoms with E-state index in [2.05, 4.69) is 10.4 Å². The van der Waals surface area contributed by atoms with Gasteiger partial charge in [0.15, 0.2) is 0 Å². The van der Waals surface area contributed by atoms with E-state index in [1.54, 1.807) is 18.5 Å². The van der Waals surface area contributed by atoms with Gasteiger partial charge in [-0.15, -0.1) is 0 Å². The Hall–Kier alpha value is -1.49. The highest BCUT2D eigenvalue weighted by Crippen LogP contribution is 2.22. The van der Waals surface area contributed by atoms with Crippen molar-refractivity contribution in [2.45, 2.75) is 12.5 Å². The van der Waals surface area contributed by atoms with Crippen LogP contribution in [0.4, 0.5) is 4.39 Å². The maximum Gasteiger partial charge on any atom is 0.142 e. The summed E-state index contributed by atoms with van der Waals surface area (Å²) in [6, 6.07) is 8.32. The van der Waals surface area contributed by atoms with Crippen LogP contribution >= 0.6 is 11.6 Å². The van der Waals surface area contributed by atoms with Crippen LogP contribution in [0, 0.1) is 5.82 Å². The monoisotopic (exact) mass is 265 g/mol. The molecule has 1 aromatic heterocycles. The van der Waals surface area contributed by atoms with Gasteiger partial charge in [-0.1, -0.05) is 17.7 Å². The Morgan fingerprint density at radius 2 is 2.00 bits per heavy atom. The number of hydrogen-bond acceptors (Lipinski definition) is 3. The quantitative estimate of drug-likeness (QED) is 0.660. The van der Waals surface area contributed by atoms with E-state index in [1.807, 2.05) is 12.1 Å². The molecule has 2 rings (SSSR count). The van der Waals surface area contributed by atoms with Gasteiger partial charge in [0.1, 0.15) is 5.82 Å². The Kier molecular flexibility index (Phi) is 4.25. The van der Waals surface area contributed by atoms with Crippen LogP contribution in [0.1, 0.15) is 17.2 Å². The SMILES string of the molecule is NNC(Cc1ccncc1)c1ccc(Cl)c(F)c1. The van der Waals surface area contributed by atoms with Gasteiger partial charge in [0.2, 0.25) is 0 Å². The average Bonchev–Trinajstić information content (AvgIpc) is 2.40. The number of hydrazine groups is 1. The van der Waals surface area contributed by atoms with Gasteiger partial charge in [-0.3, -0.25) is 16.3 Å². The summed E-state index contributed by atoms with van der Waals surface area (Å²) in [5, 5.41) is 0.110. The highest BCUT2D eigenvalue weighted by atomic mass is 35.5. The molecule has 94 valence electrons. The maximum absolute atomic E-state index is 13.4. The number of rotatable bonds is 4. The molecule has 0 fully saturated rings. The van der Waals surface area contributed by atoms with Gasteiger partial charge < -0.3 is 0 Å². The fourth-order valence-electron chi connectivity index (χ4n) is 1.76. The lowest BCUT2D eigenvalue weighted by Gasteiger charge is -2.16. The van der Waals surface area contributed by atoms with E-state index < -0.39 is 5.82 Å². The van der Waals surface area contributed by atoms with E-state index >= 15 is 0 Å². The minimum atomic E-state index is -0.441. The highest BCUT2D eigenvalue weighted by molar-refractivity contribution is 6.30. The van der Waals surface area contributed by atoms with Crippen LogP contribution < -0.4 is 11.3 Å². The second-order valence-electron chi connectivity index (χ2n) is 3.95. The summed E-state index contributed by atoms with van der Waals surface area (Å²) in [4.78, 5) is 3.95. The first kappa shape index (κ1) is 13.0. The summed E-state index contributed by atoms with van der Waals surface area (Å²) in [6.07, 6.45) is 4.08. The number of pyridine rings is 1. The third-order valence-electron chi connectivity index (χ3n) is 2.74. The number of aromatic nitrogens is 1. The van der Waals surface area contributed by atoms with Gasteiger partial charge in [-0.25, -0.2) is 4.39 Å². The molecule has 0 amide bonds. The summed E-state index contributed by atoms with van der Waals surface area (Å²) >= 11 is 5.65. The normalized spacial score (nSPS) is 12.4. The van der Waals surface area contributed by atoms with Crippen LogP contribution in [0.5, 0.6) is 0 Å². The molecule has 0 aliphatic carbocycles. The molecule has 0 saturated carbocycles. The topological polar surface area (TPSA) is 50.9 Å². The van der Waals surface area contributed by atoms with Crippen LogP contribution in [0.3, 0.4) is 0 Å². The minimum absolute atomic E-state index is 0.110. The standard InChI is InChI=1S/C13H13ClFN3/c14-11-2-1-10(8-12(11)15)13(18-16)7-9-3-5-17-6-4-9/h1-6,8,13,18H,7,16H2. The third kappa shape index (κ3) is 3.04. The largest absolute Gasteiger partial charge is 0.271 e. The van der Waals surface area contributed by atoms with Gasteiger partial charge in [-0.05, 0) is 41.8 Å². The zero-order chi connectivity index (χ0) is 13.0. The third-order valence-corrected chi connectivity index (χ3v) is 3.04. The fourth-order valence-corrected chi connectivity index (χ4v) is 1.87. The number of benzene rings is 1. The van der Waals surface area contributed by atoms with E-state index in [0.29, 0.717) is 6.42 Å². The molecule has 0 saturated heterocycles. The molecule has 0 aliphatic rings. The molecule has 0 radical (unpaired) electrons. The first-order valence-electron chi connectivity index (χ1n) is 5.50. The van der Waals surface area contributed by atoms with E-state index in [-0.39, 0.29) is 11.1 Å². The second-order valence-corrected chi connectivity index (χ2v) is 4.36. The Morgan fingerprint density at radius 1 is 1.28 bits per heavy atom. The molecule has 3 N–H and O–H groups in total. The van der Waals surface area contributed by atoms with Crippen LogP contribution in [0.15, 0.2) is 42.7 Å².